The Hall–Kier alpha value is -0.0806. The molecule has 177 valence electrons. The van der Waals surface area contributed by atoms with Crippen LogP contribution < -0.4 is 5.32 Å². The molecular formula is C23H39N3O2S2Tc. The number of piperidine rings is 1. The Labute approximate surface area is 213 Å². The monoisotopic (exact) mass is 552 g/mol. The smallest absolute Gasteiger partial charge is 0.310 e. The number of nitrogens with one attached hydrogen (secondary N) is 1. The molecule has 2 atom stereocenters. The molecule has 0 aliphatic carbocycles. The molecule has 0 amide bonds. The van der Waals surface area contributed by atoms with E-state index < -0.39 is 0 Å². The Morgan fingerprint density at radius 3 is 2.55 bits per heavy atom. The molecule has 31 heavy (non-hydrogen) atoms. The summed E-state index contributed by atoms with van der Waals surface area (Å²) in [5.74, 6) is 1.81. The molecule has 0 spiro atoms. The molecule has 1 aliphatic rings. The van der Waals surface area contributed by atoms with Crippen LogP contribution in [0, 0.1) is 12.8 Å². The van der Waals surface area contributed by atoms with Crippen LogP contribution in [0.1, 0.15) is 29.9 Å². The van der Waals surface area contributed by atoms with E-state index >= 15 is 0 Å². The van der Waals surface area contributed by atoms with Crippen LogP contribution in [-0.2, 0) is 29.6 Å². The summed E-state index contributed by atoms with van der Waals surface area (Å²) in [5, 5.41) is 3.41. The van der Waals surface area contributed by atoms with Gasteiger partial charge in [0.05, 0.1) is 13.0 Å². The summed E-state index contributed by atoms with van der Waals surface area (Å²) in [5.41, 5.74) is 2.50. The molecule has 0 saturated carbocycles. The molecule has 1 heterocycles. The van der Waals surface area contributed by atoms with Crippen molar-refractivity contribution in [1.82, 2.24) is 15.1 Å². The van der Waals surface area contributed by atoms with E-state index in [-0.39, 0.29) is 37.9 Å². The van der Waals surface area contributed by atoms with E-state index in [1.54, 1.807) is 0 Å². The van der Waals surface area contributed by atoms with Gasteiger partial charge in [0.15, 0.2) is 0 Å². The summed E-state index contributed by atoms with van der Waals surface area (Å²) in [6, 6.07) is 8.61. The van der Waals surface area contributed by atoms with E-state index in [1.165, 1.54) is 18.2 Å². The van der Waals surface area contributed by atoms with Crippen molar-refractivity contribution in [3.05, 3.63) is 35.4 Å². The number of carbonyl (C=O) groups excluding carboxylic acids is 1. The van der Waals surface area contributed by atoms with Crippen molar-refractivity contribution < 1.29 is 29.6 Å². The molecule has 2 rings (SSSR count). The Bertz CT molecular complexity index is 621. The first-order valence-electron chi connectivity index (χ1n) is 11.1. The van der Waals surface area contributed by atoms with Crippen molar-refractivity contribution in [2.45, 2.75) is 25.7 Å². The summed E-state index contributed by atoms with van der Waals surface area (Å²) >= 11 is 8.64. The Morgan fingerprint density at radius 2 is 1.90 bits per heavy atom. The van der Waals surface area contributed by atoms with Gasteiger partial charge >= 0.3 is 5.97 Å². The second-order valence-corrected chi connectivity index (χ2v) is 9.02. The second kappa shape index (κ2) is 16.5. The molecule has 0 bridgehead atoms. The number of thiol groups is 2. The first-order valence-corrected chi connectivity index (χ1v) is 12.4. The van der Waals surface area contributed by atoms with E-state index in [0.29, 0.717) is 0 Å². The minimum Gasteiger partial charge on any atom is -0.469 e. The van der Waals surface area contributed by atoms with E-state index in [4.69, 9.17) is 4.74 Å². The van der Waals surface area contributed by atoms with Gasteiger partial charge in [0.2, 0.25) is 0 Å². The van der Waals surface area contributed by atoms with Crippen molar-refractivity contribution in [2.75, 3.05) is 71.0 Å². The molecule has 1 fully saturated rings. The van der Waals surface area contributed by atoms with Crippen molar-refractivity contribution in [2.24, 2.45) is 5.92 Å². The minimum absolute atomic E-state index is 0. The normalized spacial score (nSPS) is 19.3. The van der Waals surface area contributed by atoms with Gasteiger partial charge in [0.1, 0.15) is 0 Å². The van der Waals surface area contributed by atoms with Crippen LogP contribution in [0.4, 0.5) is 0 Å². The summed E-state index contributed by atoms with van der Waals surface area (Å²) in [4.78, 5) is 17.4. The Balaban J connectivity index is 0.00000480. The zero-order chi connectivity index (χ0) is 21.8. The molecule has 1 saturated heterocycles. The van der Waals surface area contributed by atoms with Crippen molar-refractivity contribution in [3.8, 4) is 0 Å². The van der Waals surface area contributed by atoms with Gasteiger partial charge in [-0.2, -0.15) is 25.3 Å². The number of ether oxygens (including phenoxy) is 1. The Kier molecular flexibility index (Phi) is 15.4. The summed E-state index contributed by atoms with van der Waals surface area (Å²) in [7, 11) is 1.50. The topological polar surface area (TPSA) is 44.8 Å². The van der Waals surface area contributed by atoms with Gasteiger partial charge in [-0.15, -0.1) is 0 Å². The van der Waals surface area contributed by atoms with Gasteiger partial charge in [0.25, 0.3) is 0 Å². The minimum atomic E-state index is -0.0922. The zero-order valence-electron chi connectivity index (χ0n) is 18.9. The first-order chi connectivity index (χ1) is 14.6. The molecule has 1 aliphatic heterocycles. The van der Waals surface area contributed by atoms with Gasteiger partial charge in [-0.1, -0.05) is 29.8 Å². The fourth-order valence-corrected chi connectivity index (χ4v) is 4.70. The first kappa shape index (κ1) is 29.0. The van der Waals surface area contributed by atoms with Gasteiger partial charge in [-0.05, 0) is 50.9 Å². The SMILES string of the molecule is COC(=O)C1CN(CCCN(CCS)CCNCCS)CCC1c1ccc(C)cc1.[99Tc]. The van der Waals surface area contributed by atoms with Crippen LogP contribution in [0.25, 0.3) is 0 Å². The van der Waals surface area contributed by atoms with Gasteiger partial charge in [-0.3, -0.25) is 4.79 Å². The number of esters is 1. The fraction of sp³-hybridized carbons (Fsp3) is 0.696. The number of hydrogen-bond acceptors (Lipinski definition) is 7. The number of nitrogens with zero attached hydrogens (tertiary/aromatic N) is 2. The van der Waals surface area contributed by atoms with E-state index in [1.807, 2.05) is 0 Å². The van der Waals surface area contributed by atoms with Crippen LogP contribution in [0.5, 0.6) is 0 Å². The number of aryl methyl sites for hydroxylation is 1. The standard InChI is InChI=1S/C23H39N3O2S2.Tc/c1-19-4-6-20(7-5-19)21-8-13-26(18-22(21)23(27)28-2)12-3-11-25(15-17-30)14-9-24-10-16-29;/h4-7,21-22,24,29-30H,3,8-18H2,1-2H3;/i;1+1. The summed E-state index contributed by atoms with van der Waals surface area (Å²) < 4.78 is 5.16. The van der Waals surface area contributed by atoms with Crippen molar-refractivity contribution in [3.63, 3.8) is 0 Å². The maximum atomic E-state index is 12.5. The molecule has 0 aromatic heterocycles. The molecule has 1 aromatic rings. The molecule has 1 radical (unpaired) electrons. The predicted octanol–water partition coefficient (Wildman–Crippen LogP) is 2.71. The quantitative estimate of drug-likeness (QED) is 0.200. The molecule has 2 unspecified atom stereocenters. The number of benzene rings is 1. The number of carbonyl (C=O) groups is 1. The third-order valence-electron chi connectivity index (χ3n) is 5.96. The van der Waals surface area contributed by atoms with Crippen molar-refractivity contribution >= 4 is 31.2 Å². The van der Waals surface area contributed by atoms with Crippen LogP contribution in [0.3, 0.4) is 0 Å². The van der Waals surface area contributed by atoms with Gasteiger partial charge in [0, 0.05) is 64.3 Å². The van der Waals surface area contributed by atoms with Crippen LogP contribution in [0.2, 0.25) is 0 Å². The van der Waals surface area contributed by atoms with E-state index in [9.17, 15) is 4.79 Å². The van der Waals surface area contributed by atoms with Crippen LogP contribution in [-0.4, -0.2) is 86.7 Å². The number of likely N-dealkylation sites (tertiary alicyclic amines) is 1. The van der Waals surface area contributed by atoms with Gasteiger partial charge < -0.3 is 19.9 Å². The summed E-state index contributed by atoms with van der Waals surface area (Å²) in [6.45, 7) is 9.95. The third kappa shape index (κ3) is 10.2. The zero-order valence-corrected chi connectivity index (χ0v) is 22.6. The predicted molar refractivity (Wildman–Crippen MR) is 132 cm³/mol. The summed E-state index contributed by atoms with van der Waals surface area (Å²) in [6.07, 6.45) is 2.10. The fourth-order valence-electron chi connectivity index (χ4n) is 4.26. The van der Waals surface area contributed by atoms with Crippen molar-refractivity contribution in [1.29, 1.82) is 0 Å². The third-order valence-corrected chi connectivity index (χ3v) is 6.39. The van der Waals surface area contributed by atoms with E-state index in [0.717, 1.165) is 76.7 Å². The van der Waals surface area contributed by atoms with Crippen LogP contribution >= 0.6 is 25.3 Å². The average molecular weight is 553 g/mol. The number of hydrogen-bond donors (Lipinski definition) is 3. The molecule has 1 aromatic carbocycles. The molecular weight excluding hydrogens is 513 g/mol. The van der Waals surface area contributed by atoms with Gasteiger partial charge in [-0.25, -0.2) is 0 Å². The molecule has 5 nitrogen and oxygen atoms in total. The largest absolute Gasteiger partial charge is 0.469 e. The second-order valence-electron chi connectivity index (χ2n) is 8.13. The molecule has 8 heteroatoms. The Morgan fingerprint density at radius 1 is 1.16 bits per heavy atom. The number of methoxy groups -OCH3 is 1. The number of rotatable bonds is 13. The van der Waals surface area contributed by atoms with Crippen LogP contribution in [0.15, 0.2) is 24.3 Å². The maximum Gasteiger partial charge on any atom is 0.310 e. The average Bonchev–Trinajstić information content (AvgIpc) is 2.76. The molecule has 1 N–H and O–H groups in total. The van der Waals surface area contributed by atoms with E-state index in [2.05, 4.69) is 71.6 Å². The maximum absolute atomic E-state index is 12.5.